The van der Waals surface area contributed by atoms with Crippen molar-refractivity contribution in [2.45, 2.75) is 83.7 Å². The molecule has 2 unspecified atom stereocenters. The molecule has 0 aromatic heterocycles. The highest BCUT2D eigenvalue weighted by Crippen LogP contribution is 2.25. The summed E-state index contributed by atoms with van der Waals surface area (Å²) in [6, 6.07) is 2.44. The van der Waals surface area contributed by atoms with Crippen LogP contribution in [0, 0.1) is 17.2 Å². The number of hydrogen-bond donors (Lipinski definition) is 0. The molecule has 0 heterocycles. The summed E-state index contributed by atoms with van der Waals surface area (Å²) in [5.41, 5.74) is 0. The average molecular weight is 251 g/mol. The standard InChI is InChI=1S/C16H29NO/c1-2-3-4-5-6-10-13-18-16-12-9-7-8-11-15(16)14-17/h15-16H,2-13H2,1H3. The van der Waals surface area contributed by atoms with Gasteiger partial charge in [-0.25, -0.2) is 0 Å². The van der Waals surface area contributed by atoms with Crippen LogP contribution in [0.1, 0.15) is 77.6 Å². The molecule has 0 aromatic rings. The van der Waals surface area contributed by atoms with Gasteiger partial charge in [0.25, 0.3) is 0 Å². The first-order chi connectivity index (χ1) is 8.88. The van der Waals surface area contributed by atoms with Crippen molar-refractivity contribution in [3.05, 3.63) is 0 Å². The van der Waals surface area contributed by atoms with E-state index in [4.69, 9.17) is 10.00 Å². The third-order valence-electron chi connectivity index (χ3n) is 3.95. The van der Waals surface area contributed by atoms with Gasteiger partial charge in [0.1, 0.15) is 0 Å². The Hall–Kier alpha value is -0.550. The predicted octanol–water partition coefficient (Wildman–Crippen LogP) is 4.84. The van der Waals surface area contributed by atoms with Crippen LogP contribution >= 0.6 is 0 Å². The van der Waals surface area contributed by atoms with Crippen LogP contribution in [-0.2, 0) is 4.74 Å². The van der Waals surface area contributed by atoms with Gasteiger partial charge < -0.3 is 4.74 Å². The molecule has 104 valence electrons. The van der Waals surface area contributed by atoms with Crippen LogP contribution in [0.2, 0.25) is 0 Å². The highest BCUT2D eigenvalue weighted by Gasteiger charge is 2.23. The molecule has 1 aliphatic carbocycles. The van der Waals surface area contributed by atoms with E-state index < -0.39 is 0 Å². The van der Waals surface area contributed by atoms with Gasteiger partial charge >= 0.3 is 0 Å². The quantitative estimate of drug-likeness (QED) is 0.457. The van der Waals surface area contributed by atoms with Gasteiger partial charge in [-0.3, -0.25) is 0 Å². The molecule has 2 atom stereocenters. The van der Waals surface area contributed by atoms with Crippen molar-refractivity contribution in [1.29, 1.82) is 5.26 Å². The molecule has 0 radical (unpaired) electrons. The predicted molar refractivity (Wildman–Crippen MR) is 75.3 cm³/mol. The van der Waals surface area contributed by atoms with E-state index >= 15 is 0 Å². The molecule has 0 bridgehead atoms. The molecular formula is C16H29NO. The lowest BCUT2D eigenvalue weighted by molar-refractivity contribution is 0.0211. The van der Waals surface area contributed by atoms with Gasteiger partial charge in [0.2, 0.25) is 0 Å². The van der Waals surface area contributed by atoms with Gasteiger partial charge in [-0.05, 0) is 19.3 Å². The minimum atomic E-state index is 0.146. The minimum absolute atomic E-state index is 0.146. The van der Waals surface area contributed by atoms with Crippen molar-refractivity contribution in [3.63, 3.8) is 0 Å². The number of unbranched alkanes of at least 4 members (excludes halogenated alkanes) is 5. The van der Waals surface area contributed by atoms with E-state index in [2.05, 4.69) is 13.0 Å². The Balaban J connectivity index is 2.07. The van der Waals surface area contributed by atoms with Crippen molar-refractivity contribution in [3.8, 4) is 6.07 Å². The Kier molecular flexibility index (Phi) is 8.94. The fraction of sp³-hybridized carbons (Fsp3) is 0.938. The van der Waals surface area contributed by atoms with E-state index in [0.29, 0.717) is 0 Å². The third-order valence-corrected chi connectivity index (χ3v) is 3.95. The molecule has 0 aliphatic heterocycles. The highest BCUT2D eigenvalue weighted by atomic mass is 16.5. The number of rotatable bonds is 8. The van der Waals surface area contributed by atoms with Crippen LogP contribution in [0.4, 0.5) is 0 Å². The van der Waals surface area contributed by atoms with E-state index in [-0.39, 0.29) is 12.0 Å². The van der Waals surface area contributed by atoms with Crippen LogP contribution in [-0.4, -0.2) is 12.7 Å². The van der Waals surface area contributed by atoms with Crippen molar-refractivity contribution < 1.29 is 4.74 Å². The molecule has 0 N–H and O–H groups in total. The molecule has 1 saturated carbocycles. The van der Waals surface area contributed by atoms with E-state index in [9.17, 15) is 0 Å². The smallest absolute Gasteiger partial charge is 0.0733 e. The largest absolute Gasteiger partial charge is 0.377 e. The SMILES string of the molecule is CCCCCCCCOC1CCCCCC1C#N. The molecule has 0 saturated heterocycles. The van der Waals surface area contributed by atoms with Gasteiger partial charge in [-0.1, -0.05) is 58.3 Å². The Bertz CT molecular complexity index is 234. The lowest BCUT2D eigenvalue weighted by Crippen LogP contribution is -2.22. The van der Waals surface area contributed by atoms with Crippen molar-refractivity contribution >= 4 is 0 Å². The van der Waals surface area contributed by atoms with Crippen LogP contribution in [0.15, 0.2) is 0 Å². The lowest BCUT2D eigenvalue weighted by Gasteiger charge is -2.19. The fourth-order valence-electron chi connectivity index (χ4n) is 2.74. The molecule has 0 spiro atoms. The zero-order valence-electron chi connectivity index (χ0n) is 12.0. The summed E-state index contributed by atoms with van der Waals surface area (Å²) >= 11 is 0. The maximum Gasteiger partial charge on any atom is 0.0733 e. The Morgan fingerprint density at radius 1 is 1.00 bits per heavy atom. The second kappa shape index (κ2) is 10.4. The van der Waals surface area contributed by atoms with Gasteiger partial charge in [0.05, 0.1) is 18.1 Å². The maximum atomic E-state index is 9.16. The molecular weight excluding hydrogens is 222 g/mol. The van der Waals surface area contributed by atoms with Crippen molar-refractivity contribution in [1.82, 2.24) is 0 Å². The number of nitriles is 1. The van der Waals surface area contributed by atoms with E-state index in [1.54, 1.807) is 0 Å². The Morgan fingerprint density at radius 3 is 2.50 bits per heavy atom. The van der Waals surface area contributed by atoms with Gasteiger partial charge in [0, 0.05) is 6.61 Å². The maximum absolute atomic E-state index is 9.16. The van der Waals surface area contributed by atoms with E-state index in [1.807, 2.05) is 0 Å². The molecule has 2 nitrogen and oxygen atoms in total. The van der Waals surface area contributed by atoms with E-state index in [0.717, 1.165) is 19.4 Å². The Morgan fingerprint density at radius 2 is 1.72 bits per heavy atom. The summed E-state index contributed by atoms with van der Waals surface area (Å²) in [4.78, 5) is 0. The summed E-state index contributed by atoms with van der Waals surface area (Å²) in [6.45, 7) is 3.10. The zero-order chi connectivity index (χ0) is 13.1. The van der Waals surface area contributed by atoms with Gasteiger partial charge in [-0.15, -0.1) is 0 Å². The van der Waals surface area contributed by atoms with Crippen LogP contribution in [0.25, 0.3) is 0 Å². The van der Waals surface area contributed by atoms with Gasteiger partial charge in [-0.2, -0.15) is 5.26 Å². The van der Waals surface area contributed by atoms with Crippen LogP contribution < -0.4 is 0 Å². The fourth-order valence-corrected chi connectivity index (χ4v) is 2.74. The zero-order valence-corrected chi connectivity index (χ0v) is 12.0. The number of hydrogen-bond acceptors (Lipinski definition) is 2. The minimum Gasteiger partial charge on any atom is -0.377 e. The van der Waals surface area contributed by atoms with Crippen LogP contribution in [0.3, 0.4) is 0 Å². The number of nitrogens with zero attached hydrogens (tertiary/aromatic N) is 1. The van der Waals surface area contributed by atoms with Crippen LogP contribution in [0.5, 0.6) is 0 Å². The summed E-state index contributed by atoms with van der Waals surface area (Å²) < 4.78 is 5.95. The third kappa shape index (κ3) is 6.40. The molecule has 1 fully saturated rings. The molecule has 1 aliphatic rings. The lowest BCUT2D eigenvalue weighted by atomic mass is 9.99. The second-order valence-corrected chi connectivity index (χ2v) is 5.55. The number of ether oxygens (including phenoxy) is 1. The first-order valence-electron chi connectivity index (χ1n) is 7.89. The molecule has 18 heavy (non-hydrogen) atoms. The van der Waals surface area contributed by atoms with Crippen molar-refractivity contribution in [2.75, 3.05) is 6.61 Å². The molecule has 2 heteroatoms. The molecule has 0 amide bonds. The Labute approximate surface area is 113 Å². The van der Waals surface area contributed by atoms with E-state index in [1.165, 1.54) is 57.8 Å². The van der Waals surface area contributed by atoms with Crippen molar-refractivity contribution in [2.24, 2.45) is 5.92 Å². The average Bonchev–Trinajstić information content (AvgIpc) is 2.62. The summed E-state index contributed by atoms with van der Waals surface area (Å²) in [5, 5.41) is 9.16. The normalized spacial score (nSPS) is 24.4. The highest BCUT2D eigenvalue weighted by molar-refractivity contribution is 4.90. The second-order valence-electron chi connectivity index (χ2n) is 5.55. The first-order valence-corrected chi connectivity index (χ1v) is 7.89. The first kappa shape index (κ1) is 15.5. The monoisotopic (exact) mass is 251 g/mol. The molecule has 1 rings (SSSR count). The van der Waals surface area contributed by atoms with Gasteiger partial charge in [0.15, 0.2) is 0 Å². The summed E-state index contributed by atoms with van der Waals surface area (Å²) in [7, 11) is 0. The topological polar surface area (TPSA) is 33.0 Å². The molecule has 0 aromatic carbocycles. The summed E-state index contributed by atoms with van der Waals surface area (Å²) in [6.07, 6.45) is 13.9. The summed E-state index contributed by atoms with van der Waals surface area (Å²) in [5.74, 6) is 0.146.